The van der Waals surface area contributed by atoms with Gasteiger partial charge in [0.05, 0.1) is 43.7 Å². The van der Waals surface area contributed by atoms with Crippen molar-refractivity contribution in [3.05, 3.63) is 11.6 Å². The van der Waals surface area contributed by atoms with Crippen LogP contribution in [0, 0.1) is 46.3 Å². The molecule has 0 aromatic rings. The first kappa shape index (κ1) is 42.3. The summed E-state index contributed by atoms with van der Waals surface area (Å²) in [6.45, 7) is 10.2. The Bertz CT molecular complexity index is 1360. The number of hydrogen-bond donors (Lipinski definition) is 9. The molecule has 3 saturated carbocycles. The lowest BCUT2D eigenvalue weighted by molar-refractivity contribution is -0.315. The maximum absolute atomic E-state index is 11.9. The van der Waals surface area contributed by atoms with E-state index in [4.69, 9.17) is 23.7 Å². The first-order valence-corrected chi connectivity index (χ1v) is 20.9. The average molecular weight is 785 g/mol. The summed E-state index contributed by atoms with van der Waals surface area (Å²) < 4.78 is 30.4. The van der Waals surface area contributed by atoms with Crippen LogP contribution in [0.2, 0.25) is 0 Å². The van der Waals surface area contributed by atoms with Gasteiger partial charge in [-0.1, -0.05) is 45.8 Å². The summed E-state index contributed by atoms with van der Waals surface area (Å²) >= 11 is 0. The number of aliphatic hydroxyl groups is 9. The van der Waals surface area contributed by atoms with Crippen LogP contribution in [0.3, 0.4) is 0 Å². The van der Waals surface area contributed by atoms with Crippen LogP contribution in [0.5, 0.6) is 0 Å². The third-order valence-corrected chi connectivity index (χ3v) is 16.1. The van der Waals surface area contributed by atoms with Crippen LogP contribution in [0.15, 0.2) is 11.6 Å². The van der Waals surface area contributed by atoms with E-state index >= 15 is 0 Å². The molecule has 9 N–H and O–H groups in total. The van der Waals surface area contributed by atoms with Gasteiger partial charge < -0.3 is 69.6 Å². The maximum atomic E-state index is 11.9. The van der Waals surface area contributed by atoms with E-state index in [0.29, 0.717) is 11.8 Å². The topological polar surface area (TPSA) is 228 Å². The summed E-state index contributed by atoms with van der Waals surface area (Å²) in [6.07, 6.45) is -3.71. The molecule has 3 saturated heterocycles. The molecule has 7 rings (SSSR count). The lowest BCUT2D eigenvalue weighted by Gasteiger charge is -2.58. The molecule has 14 heteroatoms. The van der Waals surface area contributed by atoms with Gasteiger partial charge in [-0.3, -0.25) is 0 Å². The summed E-state index contributed by atoms with van der Waals surface area (Å²) in [4.78, 5) is 0. The van der Waals surface area contributed by atoms with Gasteiger partial charge in [0.15, 0.2) is 12.6 Å². The number of aliphatic hydroxyl groups excluding tert-OH is 9. The average Bonchev–Trinajstić information content (AvgIpc) is 3.65. The number of ether oxygens (including phenoxy) is 5. The van der Waals surface area contributed by atoms with Crippen LogP contribution in [0.4, 0.5) is 0 Å². The summed E-state index contributed by atoms with van der Waals surface area (Å²) in [7, 11) is 0. The third-order valence-electron chi connectivity index (χ3n) is 16.1. The van der Waals surface area contributed by atoms with Gasteiger partial charge in [-0.2, -0.15) is 0 Å². The van der Waals surface area contributed by atoms with Crippen LogP contribution < -0.4 is 0 Å². The van der Waals surface area contributed by atoms with Gasteiger partial charge in [0.1, 0.15) is 48.8 Å². The molecule has 55 heavy (non-hydrogen) atoms. The molecule has 0 spiro atoms. The lowest BCUT2D eigenvalue weighted by atomic mass is 9.47. The van der Waals surface area contributed by atoms with Crippen molar-refractivity contribution < 1.29 is 69.6 Å². The Morgan fingerprint density at radius 2 is 1.38 bits per heavy atom. The minimum Gasteiger partial charge on any atom is -0.394 e. The second-order valence-corrected chi connectivity index (χ2v) is 19.0. The van der Waals surface area contributed by atoms with Gasteiger partial charge in [-0.25, -0.2) is 0 Å². The smallest absolute Gasteiger partial charge is 0.186 e. The molecular weight excluding hydrogens is 716 g/mol. The molecule has 0 amide bonds. The lowest BCUT2D eigenvalue weighted by Crippen LogP contribution is -2.60. The summed E-state index contributed by atoms with van der Waals surface area (Å²) in [6, 6.07) is 0. The highest BCUT2D eigenvalue weighted by molar-refractivity contribution is 5.29. The van der Waals surface area contributed by atoms with Crippen LogP contribution in [-0.2, 0) is 23.7 Å². The van der Waals surface area contributed by atoms with Crippen molar-refractivity contribution in [2.24, 2.45) is 46.3 Å². The first-order valence-electron chi connectivity index (χ1n) is 20.9. The van der Waals surface area contributed by atoms with Crippen LogP contribution >= 0.6 is 0 Å². The van der Waals surface area contributed by atoms with Crippen molar-refractivity contribution in [2.45, 2.75) is 178 Å². The number of hydrogen-bond acceptors (Lipinski definition) is 14. The molecule has 0 bridgehead atoms. The molecule has 0 radical (unpaired) electrons. The van der Waals surface area contributed by atoms with E-state index in [1.807, 2.05) is 6.92 Å². The summed E-state index contributed by atoms with van der Waals surface area (Å²) in [5, 5.41) is 93.3. The summed E-state index contributed by atoms with van der Waals surface area (Å²) in [5.41, 5.74) is 0.728. The Kier molecular flexibility index (Phi) is 12.3. The van der Waals surface area contributed by atoms with Crippen molar-refractivity contribution in [1.29, 1.82) is 0 Å². The first-order chi connectivity index (χ1) is 26.0. The van der Waals surface area contributed by atoms with Gasteiger partial charge >= 0.3 is 0 Å². The molecule has 0 aromatic heterocycles. The Balaban J connectivity index is 1.01. The zero-order valence-electron chi connectivity index (χ0n) is 33.1. The highest BCUT2D eigenvalue weighted by Gasteiger charge is 2.63. The predicted molar refractivity (Wildman–Crippen MR) is 196 cm³/mol. The van der Waals surface area contributed by atoms with Gasteiger partial charge in [0.25, 0.3) is 0 Å². The SMILES string of the molecule is CCC1CC(C(C)C2C(O)CC3C4=CCC5CC(OC6OC(CO)C(O)C(O)C6O)CCC5(C)C4CCC32C)OC1(C)COC1OC(CO)C(O)C(O)C1O. The molecule has 3 aliphatic heterocycles. The highest BCUT2D eigenvalue weighted by atomic mass is 16.7. The summed E-state index contributed by atoms with van der Waals surface area (Å²) in [5.74, 6) is 1.25. The van der Waals surface area contributed by atoms with Crippen molar-refractivity contribution in [2.75, 3.05) is 19.8 Å². The monoisotopic (exact) mass is 784 g/mol. The Hall–Kier alpha value is -0.820. The fourth-order valence-corrected chi connectivity index (χ4v) is 12.7. The zero-order valence-corrected chi connectivity index (χ0v) is 33.1. The van der Waals surface area contributed by atoms with E-state index in [2.05, 4.69) is 33.8 Å². The molecule has 6 fully saturated rings. The van der Waals surface area contributed by atoms with Crippen molar-refractivity contribution in [3.8, 4) is 0 Å². The minimum atomic E-state index is -1.52. The molecule has 3 heterocycles. The van der Waals surface area contributed by atoms with Gasteiger partial charge in [-0.15, -0.1) is 0 Å². The molecule has 0 aromatic carbocycles. The molecule has 22 unspecified atom stereocenters. The van der Waals surface area contributed by atoms with Crippen LogP contribution in [0.25, 0.3) is 0 Å². The van der Waals surface area contributed by atoms with E-state index in [-0.39, 0.29) is 53.3 Å². The second kappa shape index (κ2) is 16.0. The van der Waals surface area contributed by atoms with Crippen molar-refractivity contribution in [1.82, 2.24) is 0 Å². The normalized spacial score (nSPS) is 54.6. The number of fused-ring (bicyclic) bond motifs is 5. The fourth-order valence-electron chi connectivity index (χ4n) is 12.7. The predicted octanol–water partition coefficient (Wildman–Crippen LogP) is 0.748. The van der Waals surface area contributed by atoms with E-state index < -0.39 is 86.3 Å². The molecule has 316 valence electrons. The van der Waals surface area contributed by atoms with E-state index in [9.17, 15) is 46.0 Å². The molecule has 14 nitrogen and oxygen atoms in total. The van der Waals surface area contributed by atoms with Gasteiger partial charge in [0.2, 0.25) is 0 Å². The standard InChI is InChI=1S/C41H68O14/c1-6-20-14-27(55-41(20,5)18-51-37-35(49)33(47)31(45)28(16-42)53-37)19(2)30-26(44)15-25-23-8-7-21-13-22(9-11-39(21,3)24(23)10-12-40(25,30)4)52-38-36(50)34(48)32(46)29(17-43)54-38/h8,19-22,24-38,42-50H,6-7,9-18H2,1-5H3. The zero-order chi connectivity index (χ0) is 39.8. The maximum Gasteiger partial charge on any atom is 0.186 e. The molecule has 7 aliphatic rings. The van der Waals surface area contributed by atoms with Crippen molar-refractivity contribution in [3.63, 3.8) is 0 Å². The quantitative estimate of drug-likeness (QED) is 0.139. The number of allylic oxidation sites excluding steroid dienone is 2. The highest BCUT2D eigenvalue weighted by Crippen LogP contribution is 2.67. The van der Waals surface area contributed by atoms with Crippen molar-refractivity contribution >= 4 is 0 Å². The van der Waals surface area contributed by atoms with Crippen LogP contribution in [-0.4, -0.2) is 151 Å². The van der Waals surface area contributed by atoms with Gasteiger partial charge in [0, 0.05) is 0 Å². The minimum absolute atomic E-state index is 0.0313. The molecule has 22 atom stereocenters. The fraction of sp³-hybridized carbons (Fsp3) is 0.951. The third kappa shape index (κ3) is 7.19. The second-order valence-electron chi connectivity index (χ2n) is 19.0. The van der Waals surface area contributed by atoms with E-state index in [0.717, 1.165) is 57.8 Å². The van der Waals surface area contributed by atoms with Crippen LogP contribution in [0.1, 0.15) is 92.4 Å². The molecule has 4 aliphatic carbocycles. The van der Waals surface area contributed by atoms with E-state index in [1.54, 1.807) is 0 Å². The Morgan fingerprint density at radius 3 is 2.02 bits per heavy atom. The largest absolute Gasteiger partial charge is 0.394 e. The Labute approximate surface area is 324 Å². The van der Waals surface area contributed by atoms with Gasteiger partial charge in [-0.05, 0) is 105 Å². The Morgan fingerprint density at radius 1 is 0.764 bits per heavy atom. The molecular formula is C41H68O14. The number of rotatable bonds is 10. The van der Waals surface area contributed by atoms with E-state index in [1.165, 1.54) is 5.57 Å².